The predicted octanol–water partition coefficient (Wildman–Crippen LogP) is 2.97. The molecular formula is C14H18F3N3O. The molecule has 1 saturated heterocycles. The number of carbonyl (C=O) groups is 1. The number of amides is 2. The zero-order valence-corrected chi connectivity index (χ0v) is 11.6. The van der Waals surface area contributed by atoms with Gasteiger partial charge in [-0.15, -0.1) is 0 Å². The molecule has 4 nitrogen and oxygen atoms in total. The molecule has 0 spiro atoms. The van der Waals surface area contributed by atoms with Gasteiger partial charge in [0, 0.05) is 17.8 Å². The van der Waals surface area contributed by atoms with E-state index >= 15 is 0 Å². The Hall–Kier alpha value is -1.76. The van der Waals surface area contributed by atoms with Gasteiger partial charge in [-0.1, -0.05) is 6.07 Å². The molecule has 1 aromatic carbocycles. The van der Waals surface area contributed by atoms with Gasteiger partial charge in [-0.3, -0.25) is 0 Å². The Bertz CT molecular complexity index is 504. The SMILES string of the molecule is CC1CC(NC(=O)Nc2cccc(C(F)(F)F)c2)CCN1. The zero-order chi connectivity index (χ0) is 15.5. The molecule has 0 aliphatic carbocycles. The van der Waals surface area contributed by atoms with Crippen molar-refractivity contribution in [1.29, 1.82) is 0 Å². The van der Waals surface area contributed by atoms with Crippen molar-refractivity contribution in [2.24, 2.45) is 0 Å². The molecule has 1 aromatic rings. The van der Waals surface area contributed by atoms with Crippen LogP contribution in [0.15, 0.2) is 24.3 Å². The summed E-state index contributed by atoms with van der Waals surface area (Å²) in [4.78, 5) is 11.8. The number of piperidine rings is 1. The highest BCUT2D eigenvalue weighted by Gasteiger charge is 2.30. The third-order valence-electron chi connectivity index (χ3n) is 3.41. The molecule has 2 rings (SSSR count). The van der Waals surface area contributed by atoms with E-state index < -0.39 is 17.8 Å². The molecule has 1 aliphatic rings. The fourth-order valence-corrected chi connectivity index (χ4v) is 2.39. The number of benzene rings is 1. The molecular weight excluding hydrogens is 283 g/mol. The van der Waals surface area contributed by atoms with Gasteiger partial charge in [-0.05, 0) is 44.5 Å². The van der Waals surface area contributed by atoms with Crippen molar-refractivity contribution in [3.63, 3.8) is 0 Å². The number of urea groups is 1. The lowest BCUT2D eigenvalue weighted by atomic mass is 10.0. The number of carbonyl (C=O) groups excluding carboxylic acids is 1. The van der Waals surface area contributed by atoms with Gasteiger partial charge in [-0.2, -0.15) is 13.2 Å². The lowest BCUT2D eigenvalue weighted by Crippen LogP contribution is -2.47. The first-order chi connectivity index (χ1) is 9.84. The number of rotatable bonds is 2. The van der Waals surface area contributed by atoms with Crippen molar-refractivity contribution in [2.75, 3.05) is 11.9 Å². The Balaban J connectivity index is 1.93. The van der Waals surface area contributed by atoms with Crippen molar-refractivity contribution < 1.29 is 18.0 Å². The second-order valence-corrected chi connectivity index (χ2v) is 5.25. The van der Waals surface area contributed by atoms with E-state index in [2.05, 4.69) is 16.0 Å². The summed E-state index contributed by atoms with van der Waals surface area (Å²) >= 11 is 0. The Morgan fingerprint density at radius 2 is 2.14 bits per heavy atom. The molecule has 0 radical (unpaired) electrons. The van der Waals surface area contributed by atoms with Crippen LogP contribution >= 0.6 is 0 Å². The standard InChI is InChI=1S/C14H18F3N3O/c1-9-7-12(5-6-18-9)20-13(21)19-11-4-2-3-10(8-11)14(15,16)17/h2-4,8-9,12,18H,5-7H2,1H3,(H2,19,20,21). The van der Waals surface area contributed by atoms with Gasteiger partial charge in [0.05, 0.1) is 5.56 Å². The summed E-state index contributed by atoms with van der Waals surface area (Å²) in [6, 6.07) is 4.46. The number of hydrogen-bond acceptors (Lipinski definition) is 2. The summed E-state index contributed by atoms with van der Waals surface area (Å²) in [5, 5.41) is 8.49. The molecule has 0 aromatic heterocycles. The average Bonchev–Trinajstić information content (AvgIpc) is 2.37. The van der Waals surface area contributed by atoms with E-state index in [9.17, 15) is 18.0 Å². The van der Waals surface area contributed by atoms with E-state index in [0.29, 0.717) is 6.04 Å². The third kappa shape index (κ3) is 4.63. The van der Waals surface area contributed by atoms with Crippen LogP contribution in [0.4, 0.5) is 23.7 Å². The van der Waals surface area contributed by atoms with E-state index in [-0.39, 0.29) is 11.7 Å². The molecule has 0 saturated carbocycles. The predicted molar refractivity (Wildman–Crippen MR) is 74.1 cm³/mol. The molecule has 1 fully saturated rings. The van der Waals surface area contributed by atoms with Crippen LogP contribution in [0.5, 0.6) is 0 Å². The maximum Gasteiger partial charge on any atom is 0.416 e. The van der Waals surface area contributed by atoms with E-state index in [4.69, 9.17) is 0 Å². The van der Waals surface area contributed by atoms with Gasteiger partial charge in [0.2, 0.25) is 0 Å². The minimum atomic E-state index is -4.42. The van der Waals surface area contributed by atoms with Crippen LogP contribution in [0, 0.1) is 0 Å². The maximum atomic E-state index is 12.6. The smallest absolute Gasteiger partial charge is 0.335 e. The monoisotopic (exact) mass is 301 g/mol. The van der Waals surface area contributed by atoms with E-state index in [1.165, 1.54) is 12.1 Å². The minimum Gasteiger partial charge on any atom is -0.335 e. The van der Waals surface area contributed by atoms with Crippen LogP contribution in [-0.2, 0) is 6.18 Å². The molecule has 7 heteroatoms. The number of alkyl halides is 3. The Kier molecular flexibility index (Phi) is 4.72. The van der Waals surface area contributed by atoms with Gasteiger partial charge >= 0.3 is 12.2 Å². The summed E-state index contributed by atoms with van der Waals surface area (Å²) in [5.74, 6) is 0. The second kappa shape index (κ2) is 6.34. The molecule has 2 atom stereocenters. The first kappa shape index (κ1) is 15.6. The van der Waals surface area contributed by atoms with Crippen LogP contribution < -0.4 is 16.0 Å². The van der Waals surface area contributed by atoms with Gasteiger partial charge < -0.3 is 16.0 Å². The van der Waals surface area contributed by atoms with Crippen LogP contribution in [-0.4, -0.2) is 24.7 Å². The summed E-state index contributed by atoms with van der Waals surface area (Å²) in [6.07, 6.45) is -2.81. The number of hydrogen-bond donors (Lipinski definition) is 3. The largest absolute Gasteiger partial charge is 0.416 e. The molecule has 1 aliphatic heterocycles. The Labute approximate surface area is 121 Å². The fourth-order valence-electron chi connectivity index (χ4n) is 2.39. The Morgan fingerprint density at radius 1 is 1.38 bits per heavy atom. The van der Waals surface area contributed by atoms with E-state index in [0.717, 1.165) is 31.5 Å². The quantitative estimate of drug-likeness (QED) is 0.786. The van der Waals surface area contributed by atoms with Crippen LogP contribution in [0.3, 0.4) is 0 Å². The molecule has 1 heterocycles. The van der Waals surface area contributed by atoms with Gasteiger partial charge in [0.15, 0.2) is 0 Å². The lowest BCUT2D eigenvalue weighted by molar-refractivity contribution is -0.137. The van der Waals surface area contributed by atoms with E-state index in [1.54, 1.807) is 0 Å². The molecule has 2 amide bonds. The number of halogens is 3. The molecule has 3 N–H and O–H groups in total. The third-order valence-corrected chi connectivity index (χ3v) is 3.41. The van der Waals surface area contributed by atoms with Gasteiger partial charge in [0.1, 0.15) is 0 Å². The van der Waals surface area contributed by atoms with Crippen molar-refractivity contribution in [2.45, 2.75) is 38.0 Å². The average molecular weight is 301 g/mol. The molecule has 0 bridgehead atoms. The van der Waals surface area contributed by atoms with Crippen LogP contribution in [0.1, 0.15) is 25.3 Å². The number of anilines is 1. The van der Waals surface area contributed by atoms with Crippen molar-refractivity contribution in [3.05, 3.63) is 29.8 Å². The molecule has 2 unspecified atom stereocenters. The normalized spacial score (nSPS) is 22.7. The summed E-state index contributed by atoms with van der Waals surface area (Å²) in [5.41, 5.74) is -0.653. The first-order valence-electron chi connectivity index (χ1n) is 6.83. The van der Waals surface area contributed by atoms with Crippen LogP contribution in [0.25, 0.3) is 0 Å². The summed E-state index contributed by atoms with van der Waals surface area (Å²) in [6.45, 7) is 2.84. The van der Waals surface area contributed by atoms with Crippen molar-refractivity contribution in [1.82, 2.24) is 10.6 Å². The van der Waals surface area contributed by atoms with Crippen molar-refractivity contribution in [3.8, 4) is 0 Å². The van der Waals surface area contributed by atoms with Gasteiger partial charge in [-0.25, -0.2) is 4.79 Å². The van der Waals surface area contributed by atoms with Crippen molar-refractivity contribution >= 4 is 11.7 Å². The first-order valence-corrected chi connectivity index (χ1v) is 6.83. The lowest BCUT2D eigenvalue weighted by Gasteiger charge is -2.28. The molecule has 21 heavy (non-hydrogen) atoms. The maximum absolute atomic E-state index is 12.6. The topological polar surface area (TPSA) is 53.2 Å². The highest BCUT2D eigenvalue weighted by molar-refractivity contribution is 5.89. The highest BCUT2D eigenvalue weighted by Crippen LogP contribution is 2.30. The fraction of sp³-hybridized carbons (Fsp3) is 0.500. The second-order valence-electron chi connectivity index (χ2n) is 5.25. The Morgan fingerprint density at radius 3 is 2.81 bits per heavy atom. The zero-order valence-electron chi connectivity index (χ0n) is 11.6. The van der Waals surface area contributed by atoms with E-state index in [1.807, 2.05) is 6.92 Å². The molecule has 116 valence electrons. The number of nitrogens with one attached hydrogen (secondary N) is 3. The van der Waals surface area contributed by atoms with Crippen LogP contribution in [0.2, 0.25) is 0 Å². The minimum absolute atomic E-state index is 0.0343. The summed E-state index contributed by atoms with van der Waals surface area (Å²) in [7, 11) is 0. The van der Waals surface area contributed by atoms with Gasteiger partial charge in [0.25, 0.3) is 0 Å². The summed E-state index contributed by atoms with van der Waals surface area (Å²) < 4.78 is 37.8. The highest BCUT2D eigenvalue weighted by atomic mass is 19.4.